The summed E-state index contributed by atoms with van der Waals surface area (Å²) >= 11 is 0. The van der Waals surface area contributed by atoms with Gasteiger partial charge in [-0.25, -0.2) is 18.4 Å². The Balaban J connectivity index is 1.32. The van der Waals surface area contributed by atoms with Crippen LogP contribution in [0.1, 0.15) is 12.5 Å². The number of carbonyl (C=O) groups excluding carboxylic acids is 1. The van der Waals surface area contributed by atoms with Crippen molar-refractivity contribution in [1.82, 2.24) is 14.9 Å². The van der Waals surface area contributed by atoms with Crippen LogP contribution in [0.25, 0.3) is 0 Å². The molecular weight excluding hydrogens is 509 g/mol. The Morgan fingerprint density at radius 2 is 1.73 bits per heavy atom. The van der Waals surface area contributed by atoms with E-state index in [1.807, 2.05) is 4.90 Å². The van der Waals surface area contributed by atoms with Crippen LogP contribution in [0.4, 0.5) is 30.4 Å². The summed E-state index contributed by atoms with van der Waals surface area (Å²) in [4.78, 5) is 24.3. The van der Waals surface area contributed by atoms with E-state index >= 15 is 0 Å². The molecule has 196 valence electrons. The number of hydrogen-bond donors (Lipinski definition) is 2. The number of aromatic nitrogens is 2. The van der Waals surface area contributed by atoms with Crippen molar-refractivity contribution in [2.24, 2.45) is 0 Å². The van der Waals surface area contributed by atoms with Crippen molar-refractivity contribution in [2.45, 2.75) is 24.0 Å². The van der Waals surface area contributed by atoms with E-state index < -0.39 is 27.8 Å². The molecule has 1 fully saturated rings. The van der Waals surface area contributed by atoms with E-state index in [1.54, 1.807) is 24.0 Å². The van der Waals surface area contributed by atoms with Gasteiger partial charge in [0.15, 0.2) is 0 Å². The molecule has 0 saturated carbocycles. The van der Waals surface area contributed by atoms with Crippen LogP contribution in [0.2, 0.25) is 0 Å². The van der Waals surface area contributed by atoms with Crippen LogP contribution in [-0.2, 0) is 21.0 Å². The van der Waals surface area contributed by atoms with Gasteiger partial charge in [-0.05, 0) is 55.5 Å². The van der Waals surface area contributed by atoms with E-state index in [0.717, 1.165) is 17.8 Å². The largest absolute Gasteiger partial charge is 0.416 e. The van der Waals surface area contributed by atoms with E-state index in [2.05, 4.69) is 20.0 Å². The average molecular weight is 535 g/mol. The zero-order valence-corrected chi connectivity index (χ0v) is 20.6. The number of nitrogens with zero attached hydrogens (tertiary/aromatic N) is 4. The SMILES string of the molecule is CC(Nc1cccc(C(F)(F)F)c1)C(=O)N1CCN(c2ccc(S(=O)(=O)Nc3ccncn3)cc2)CC1. The van der Waals surface area contributed by atoms with Gasteiger partial charge in [-0.2, -0.15) is 13.2 Å². The minimum Gasteiger partial charge on any atom is -0.374 e. The third-order valence-electron chi connectivity index (χ3n) is 5.87. The molecule has 0 aliphatic carbocycles. The fourth-order valence-electron chi connectivity index (χ4n) is 3.94. The minimum atomic E-state index is -4.46. The predicted molar refractivity (Wildman–Crippen MR) is 133 cm³/mol. The summed E-state index contributed by atoms with van der Waals surface area (Å²) in [6, 6.07) is 11.9. The normalized spacial score (nSPS) is 15.2. The first-order chi connectivity index (χ1) is 17.5. The van der Waals surface area contributed by atoms with Crippen LogP contribution in [-0.4, -0.2) is 61.4 Å². The first-order valence-corrected chi connectivity index (χ1v) is 12.9. The second kappa shape index (κ2) is 10.6. The Kier molecular flexibility index (Phi) is 7.52. The number of carbonyl (C=O) groups is 1. The van der Waals surface area contributed by atoms with Gasteiger partial charge < -0.3 is 15.1 Å². The van der Waals surface area contributed by atoms with E-state index in [1.165, 1.54) is 42.9 Å². The number of amides is 1. The molecule has 1 amide bonds. The number of nitrogens with one attached hydrogen (secondary N) is 2. The highest BCUT2D eigenvalue weighted by Crippen LogP contribution is 2.31. The Bertz CT molecular complexity index is 1330. The van der Waals surface area contributed by atoms with Crippen LogP contribution in [0.15, 0.2) is 72.0 Å². The Labute approximate surface area is 212 Å². The van der Waals surface area contributed by atoms with Crippen LogP contribution in [0, 0.1) is 0 Å². The summed E-state index contributed by atoms with van der Waals surface area (Å²) in [5.41, 5.74) is 0.246. The van der Waals surface area contributed by atoms with Gasteiger partial charge >= 0.3 is 6.18 Å². The zero-order valence-electron chi connectivity index (χ0n) is 19.8. The van der Waals surface area contributed by atoms with Crippen molar-refractivity contribution in [3.8, 4) is 0 Å². The standard InChI is InChI=1S/C24H25F3N6O3S/c1-17(30-19-4-2-3-18(15-19)24(25,26)27)23(34)33-13-11-32(12-14-33)20-5-7-21(8-6-20)37(35,36)31-22-9-10-28-16-29-22/h2-10,15-17,30H,11-14H2,1H3,(H,28,29,31). The molecule has 0 radical (unpaired) electrons. The van der Waals surface area contributed by atoms with Gasteiger partial charge in [0.2, 0.25) is 5.91 Å². The van der Waals surface area contributed by atoms with Crippen molar-refractivity contribution in [2.75, 3.05) is 41.1 Å². The smallest absolute Gasteiger partial charge is 0.374 e. The first kappa shape index (κ1) is 26.2. The summed E-state index contributed by atoms with van der Waals surface area (Å²) in [6.07, 6.45) is -1.79. The van der Waals surface area contributed by atoms with Gasteiger partial charge in [0.05, 0.1) is 10.5 Å². The molecule has 2 aromatic carbocycles. The second-order valence-electron chi connectivity index (χ2n) is 8.45. The molecule has 1 atom stereocenters. The van der Waals surface area contributed by atoms with E-state index in [4.69, 9.17) is 0 Å². The number of alkyl halides is 3. The summed E-state index contributed by atoms with van der Waals surface area (Å²) in [6.45, 7) is 3.50. The Morgan fingerprint density at radius 1 is 1.03 bits per heavy atom. The predicted octanol–water partition coefficient (Wildman–Crippen LogP) is 3.45. The number of hydrogen-bond acceptors (Lipinski definition) is 7. The van der Waals surface area contributed by atoms with Crippen molar-refractivity contribution >= 4 is 33.1 Å². The lowest BCUT2D eigenvalue weighted by Gasteiger charge is -2.37. The lowest BCUT2D eigenvalue weighted by molar-refractivity contribution is -0.137. The lowest BCUT2D eigenvalue weighted by atomic mass is 10.1. The molecule has 4 rings (SSSR count). The highest BCUT2D eigenvalue weighted by Gasteiger charge is 2.31. The maximum absolute atomic E-state index is 13.0. The third-order valence-corrected chi connectivity index (χ3v) is 7.24. The van der Waals surface area contributed by atoms with E-state index in [0.29, 0.717) is 26.2 Å². The summed E-state index contributed by atoms with van der Waals surface area (Å²) in [5, 5.41) is 2.86. The zero-order chi connectivity index (χ0) is 26.6. The first-order valence-electron chi connectivity index (χ1n) is 11.4. The van der Waals surface area contributed by atoms with Crippen molar-refractivity contribution in [1.29, 1.82) is 0 Å². The van der Waals surface area contributed by atoms with E-state index in [-0.39, 0.29) is 22.3 Å². The molecule has 3 aromatic rings. The van der Waals surface area contributed by atoms with Gasteiger partial charge in [-0.1, -0.05) is 6.07 Å². The average Bonchev–Trinajstić information content (AvgIpc) is 2.88. The minimum absolute atomic E-state index is 0.0816. The Hall–Kier alpha value is -3.87. The van der Waals surface area contributed by atoms with Crippen LogP contribution >= 0.6 is 0 Å². The van der Waals surface area contributed by atoms with Gasteiger partial charge in [-0.15, -0.1) is 0 Å². The van der Waals surface area contributed by atoms with Crippen molar-refractivity contribution < 1.29 is 26.4 Å². The highest BCUT2D eigenvalue weighted by molar-refractivity contribution is 7.92. The second-order valence-corrected chi connectivity index (χ2v) is 10.1. The Morgan fingerprint density at radius 3 is 2.35 bits per heavy atom. The molecule has 13 heteroatoms. The molecule has 37 heavy (non-hydrogen) atoms. The molecule has 1 aromatic heterocycles. The number of halogens is 3. The topological polar surface area (TPSA) is 108 Å². The fourth-order valence-corrected chi connectivity index (χ4v) is 4.95. The van der Waals surface area contributed by atoms with Crippen LogP contribution in [0.3, 0.4) is 0 Å². The summed E-state index contributed by atoms with van der Waals surface area (Å²) < 4.78 is 66.4. The molecule has 9 nitrogen and oxygen atoms in total. The number of piperazine rings is 1. The molecule has 0 bridgehead atoms. The van der Waals surface area contributed by atoms with Crippen LogP contribution in [0.5, 0.6) is 0 Å². The third kappa shape index (κ3) is 6.47. The molecule has 2 N–H and O–H groups in total. The molecule has 1 aliphatic heterocycles. The van der Waals surface area contributed by atoms with Crippen molar-refractivity contribution in [3.63, 3.8) is 0 Å². The number of sulfonamides is 1. The molecule has 1 aliphatic rings. The fraction of sp³-hybridized carbons (Fsp3) is 0.292. The van der Waals surface area contributed by atoms with Crippen molar-refractivity contribution in [3.05, 3.63) is 72.7 Å². The highest BCUT2D eigenvalue weighted by atomic mass is 32.2. The number of benzene rings is 2. The lowest BCUT2D eigenvalue weighted by Crippen LogP contribution is -2.52. The molecule has 1 saturated heterocycles. The van der Waals surface area contributed by atoms with Gasteiger partial charge in [0.1, 0.15) is 18.2 Å². The molecule has 2 heterocycles. The van der Waals surface area contributed by atoms with Gasteiger partial charge in [-0.3, -0.25) is 9.52 Å². The van der Waals surface area contributed by atoms with E-state index in [9.17, 15) is 26.4 Å². The maximum atomic E-state index is 13.0. The summed E-state index contributed by atoms with van der Waals surface area (Å²) in [5.74, 6) is -0.0501. The van der Waals surface area contributed by atoms with Gasteiger partial charge in [0, 0.05) is 43.8 Å². The number of rotatable bonds is 7. The van der Waals surface area contributed by atoms with Crippen LogP contribution < -0.4 is 14.9 Å². The quantitative estimate of drug-likeness (QED) is 0.478. The maximum Gasteiger partial charge on any atom is 0.416 e. The molecular formula is C24H25F3N6O3S. The molecule has 1 unspecified atom stereocenters. The summed E-state index contributed by atoms with van der Waals surface area (Å²) in [7, 11) is -3.81. The monoisotopic (exact) mass is 534 g/mol. The number of anilines is 3. The molecule has 0 spiro atoms. The van der Waals surface area contributed by atoms with Gasteiger partial charge in [0.25, 0.3) is 10.0 Å².